The highest BCUT2D eigenvalue weighted by molar-refractivity contribution is 7.09. The first kappa shape index (κ1) is 27.9. The van der Waals surface area contributed by atoms with Gasteiger partial charge in [-0.05, 0) is 54.1 Å². The molecule has 198 valence electrons. The van der Waals surface area contributed by atoms with Crippen LogP contribution in [0.4, 0.5) is 10.5 Å². The lowest BCUT2D eigenvalue weighted by Gasteiger charge is -2.27. The Bertz CT molecular complexity index is 1150. The molecule has 1 heterocycles. The fourth-order valence-electron chi connectivity index (χ4n) is 3.87. The molecule has 0 atom stereocenters. The number of nitrogens with zero attached hydrogens (tertiary/aromatic N) is 2. The average Bonchev–Trinajstić information content (AvgIpc) is 3.43. The molecule has 0 fully saturated rings. The number of thiophene rings is 1. The van der Waals surface area contributed by atoms with Gasteiger partial charge in [-0.25, -0.2) is 4.79 Å². The number of anilines is 1. The van der Waals surface area contributed by atoms with Crippen molar-refractivity contribution >= 4 is 29.0 Å². The van der Waals surface area contributed by atoms with Gasteiger partial charge >= 0.3 is 6.03 Å². The van der Waals surface area contributed by atoms with Crippen molar-refractivity contribution in [2.75, 3.05) is 46.3 Å². The highest BCUT2D eigenvalue weighted by Crippen LogP contribution is 2.28. The van der Waals surface area contributed by atoms with Crippen LogP contribution < -0.4 is 19.5 Å². The lowest BCUT2D eigenvalue weighted by Crippen LogP contribution is -2.45. The van der Waals surface area contributed by atoms with Crippen molar-refractivity contribution in [2.24, 2.45) is 0 Å². The van der Waals surface area contributed by atoms with E-state index < -0.39 is 0 Å². The second-order valence-electron chi connectivity index (χ2n) is 8.42. The van der Waals surface area contributed by atoms with Crippen LogP contribution in [0.25, 0.3) is 0 Å². The molecule has 0 spiro atoms. The normalized spacial score (nSPS) is 10.5. The number of carbonyl (C=O) groups excluding carboxylic acids is 2. The third-order valence-corrected chi connectivity index (χ3v) is 6.69. The van der Waals surface area contributed by atoms with Gasteiger partial charge in [0.25, 0.3) is 0 Å². The smallest absolute Gasteiger partial charge is 0.322 e. The molecule has 0 aliphatic heterocycles. The van der Waals surface area contributed by atoms with E-state index in [1.54, 1.807) is 55.8 Å². The van der Waals surface area contributed by atoms with Crippen molar-refractivity contribution in [3.63, 3.8) is 0 Å². The van der Waals surface area contributed by atoms with Gasteiger partial charge in [0.2, 0.25) is 5.91 Å². The van der Waals surface area contributed by atoms with Crippen LogP contribution in [0, 0.1) is 0 Å². The van der Waals surface area contributed by atoms with Gasteiger partial charge in [-0.3, -0.25) is 4.79 Å². The van der Waals surface area contributed by atoms with Crippen molar-refractivity contribution in [3.8, 4) is 17.2 Å². The molecule has 1 aromatic heterocycles. The molecule has 0 bridgehead atoms. The zero-order valence-corrected chi connectivity index (χ0v) is 22.7. The summed E-state index contributed by atoms with van der Waals surface area (Å²) in [5.41, 5.74) is 1.64. The monoisotopic (exact) mass is 525 g/mol. The molecule has 0 unspecified atom stereocenters. The van der Waals surface area contributed by atoms with E-state index in [4.69, 9.17) is 14.2 Å². The summed E-state index contributed by atoms with van der Waals surface area (Å²) < 4.78 is 16.0. The zero-order valence-electron chi connectivity index (χ0n) is 21.9. The minimum Gasteiger partial charge on any atom is -0.497 e. The van der Waals surface area contributed by atoms with Crippen molar-refractivity contribution in [3.05, 3.63) is 70.4 Å². The Balaban J connectivity index is 1.72. The fraction of sp³-hybridized carbons (Fsp3) is 0.357. The maximum Gasteiger partial charge on any atom is 0.322 e. The number of rotatable bonds is 13. The van der Waals surface area contributed by atoms with E-state index in [-0.39, 0.29) is 18.5 Å². The van der Waals surface area contributed by atoms with Crippen LogP contribution in [-0.4, -0.2) is 62.7 Å². The average molecular weight is 526 g/mol. The van der Waals surface area contributed by atoms with E-state index in [1.807, 2.05) is 53.6 Å². The number of hydrogen-bond donors (Lipinski definition) is 1. The molecule has 2 aromatic carbocycles. The predicted molar refractivity (Wildman–Crippen MR) is 147 cm³/mol. The van der Waals surface area contributed by atoms with E-state index in [2.05, 4.69) is 5.32 Å². The second kappa shape index (κ2) is 14.1. The third-order valence-electron chi connectivity index (χ3n) is 5.83. The van der Waals surface area contributed by atoms with Gasteiger partial charge in [-0.15, -0.1) is 11.3 Å². The quantitative estimate of drug-likeness (QED) is 0.328. The maximum absolute atomic E-state index is 13.5. The summed E-state index contributed by atoms with van der Waals surface area (Å²) in [6.07, 6.45) is 1.37. The van der Waals surface area contributed by atoms with Crippen molar-refractivity contribution in [2.45, 2.75) is 26.3 Å². The molecular weight excluding hydrogens is 490 g/mol. The largest absolute Gasteiger partial charge is 0.497 e. The van der Waals surface area contributed by atoms with Crippen LogP contribution >= 0.6 is 11.3 Å². The second-order valence-corrected chi connectivity index (χ2v) is 9.45. The molecule has 0 radical (unpaired) electrons. The molecule has 8 nitrogen and oxygen atoms in total. The Morgan fingerprint density at radius 1 is 0.892 bits per heavy atom. The molecule has 37 heavy (non-hydrogen) atoms. The Labute approximate surface area is 222 Å². The first-order valence-electron chi connectivity index (χ1n) is 12.2. The molecule has 1 N–H and O–H groups in total. The van der Waals surface area contributed by atoms with E-state index in [0.29, 0.717) is 49.0 Å². The highest BCUT2D eigenvalue weighted by Gasteiger charge is 2.22. The van der Waals surface area contributed by atoms with E-state index >= 15 is 0 Å². The van der Waals surface area contributed by atoms with Crippen LogP contribution in [-0.2, 0) is 17.8 Å². The number of ether oxygens (including phenoxy) is 3. The molecule has 3 rings (SSSR count). The van der Waals surface area contributed by atoms with Gasteiger partial charge in [0.1, 0.15) is 12.3 Å². The summed E-state index contributed by atoms with van der Waals surface area (Å²) in [6.45, 7) is 3.42. The fourth-order valence-corrected chi connectivity index (χ4v) is 4.59. The van der Waals surface area contributed by atoms with Crippen LogP contribution in [0.3, 0.4) is 0 Å². The SMILES string of the molecule is CCCN(CC(=O)N(CCc1ccc(OC)c(OC)c1)Cc1cccs1)C(=O)Nc1cccc(OC)c1. The number of amides is 3. The van der Waals surface area contributed by atoms with Crippen molar-refractivity contribution in [1.29, 1.82) is 0 Å². The summed E-state index contributed by atoms with van der Waals surface area (Å²) in [5.74, 6) is 1.85. The summed E-state index contributed by atoms with van der Waals surface area (Å²) >= 11 is 1.61. The summed E-state index contributed by atoms with van der Waals surface area (Å²) in [7, 11) is 4.78. The number of methoxy groups -OCH3 is 3. The lowest BCUT2D eigenvalue weighted by molar-refractivity contribution is -0.132. The van der Waals surface area contributed by atoms with Gasteiger partial charge in [-0.2, -0.15) is 0 Å². The molecule has 0 aliphatic rings. The van der Waals surface area contributed by atoms with Crippen LogP contribution in [0.2, 0.25) is 0 Å². The highest BCUT2D eigenvalue weighted by atomic mass is 32.1. The first-order valence-corrected chi connectivity index (χ1v) is 13.1. The van der Waals surface area contributed by atoms with Gasteiger partial charge in [0, 0.05) is 29.7 Å². The van der Waals surface area contributed by atoms with Crippen LogP contribution in [0.5, 0.6) is 17.2 Å². The molecule has 0 aliphatic carbocycles. The number of nitrogens with one attached hydrogen (secondary N) is 1. The lowest BCUT2D eigenvalue weighted by atomic mass is 10.1. The molecule has 0 saturated carbocycles. The van der Waals surface area contributed by atoms with Gasteiger partial charge in [0.15, 0.2) is 11.5 Å². The first-order chi connectivity index (χ1) is 18.0. The van der Waals surface area contributed by atoms with E-state index in [1.165, 1.54) is 0 Å². The number of urea groups is 1. The Morgan fingerprint density at radius 3 is 2.38 bits per heavy atom. The molecule has 3 amide bonds. The van der Waals surface area contributed by atoms with E-state index in [9.17, 15) is 9.59 Å². The third kappa shape index (κ3) is 8.15. The minimum absolute atomic E-state index is 0.0129. The zero-order chi connectivity index (χ0) is 26.6. The molecule has 3 aromatic rings. The summed E-state index contributed by atoms with van der Waals surface area (Å²) in [4.78, 5) is 31.0. The van der Waals surface area contributed by atoms with Gasteiger partial charge < -0.3 is 29.3 Å². The number of benzene rings is 2. The van der Waals surface area contributed by atoms with E-state index in [0.717, 1.165) is 16.9 Å². The summed E-state index contributed by atoms with van der Waals surface area (Å²) in [6, 6.07) is 16.6. The topological polar surface area (TPSA) is 80.3 Å². The minimum atomic E-state index is -0.320. The Kier molecular flexibility index (Phi) is 10.6. The van der Waals surface area contributed by atoms with Crippen LogP contribution in [0.1, 0.15) is 23.8 Å². The standard InChI is InChI=1S/C28H35N3O5S/c1-5-14-31(28(33)29-22-8-6-9-23(18-22)34-2)20-27(32)30(19-24-10-7-16-37-24)15-13-21-11-12-25(35-3)26(17-21)36-4/h6-12,16-18H,5,13-15,19-20H2,1-4H3,(H,29,33). The predicted octanol–water partition coefficient (Wildman–Crippen LogP) is 5.29. The summed E-state index contributed by atoms with van der Waals surface area (Å²) in [5, 5.41) is 4.88. The Hall–Kier alpha value is -3.72. The number of carbonyl (C=O) groups is 2. The van der Waals surface area contributed by atoms with Gasteiger partial charge in [0.05, 0.1) is 27.9 Å². The Morgan fingerprint density at radius 2 is 1.70 bits per heavy atom. The molecular formula is C28H35N3O5S. The maximum atomic E-state index is 13.5. The van der Waals surface area contributed by atoms with Crippen molar-refractivity contribution < 1.29 is 23.8 Å². The van der Waals surface area contributed by atoms with Gasteiger partial charge in [-0.1, -0.05) is 25.1 Å². The van der Waals surface area contributed by atoms with Crippen LogP contribution in [0.15, 0.2) is 60.0 Å². The molecule has 9 heteroatoms. The van der Waals surface area contributed by atoms with Crippen molar-refractivity contribution in [1.82, 2.24) is 9.80 Å². The molecule has 0 saturated heterocycles. The number of hydrogen-bond acceptors (Lipinski definition) is 6.